The molecule has 160 valence electrons. The maximum absolute atomic E-state index is 10.9. The van der Waals surface area contributed by atoms with E-state index in [2.05, 4.69) is 13.8 Å². The van der Waals surface area contributed by atoms with Gasteiger partial charge in [-0.2, -0.15) is 0 Å². The molecule has 27 heavy (non-hydrogen) atoms. The summed E-state index contributed by atoms with van der Waals surface area (Å²) in [5.74, 6) is 0. The molecule has 0 aliphatic carbocycles. The zero-order valence-electron chi connectivity index (χ0n) is 17.2. The van der Waals surface area contributed by atoms with Crippen molar-refractivity contribution in [2.75, 3.05) is 0 Å². The molecule has 0 aromatic carbocycles. The van der Waals surface area contributed by atoms with Gasteiger partial charge in [0.25, 0.3) is 0 Å². The molecule has 8 nitrogen and oxygen atoms in total. The average Bonchev–Trinajstić information content (AvgIpc) is 2.59. The zero-order chi connectivity index (χ0) is 20.4. The summed E-state index contributed by atoms with van der Waals surface area (Å²) in [4.78, 5) is 21.9. The predicted octanol–water partition coefficient (Wildman–Crippen LogP) is 6.35. The van der Waals surface area contributed by atoms with Crippen molar-refractivity contribution in [2.24, 2.45) is 0 Å². The SMILES string of the molecule is CCCCCCCC[CH2][Sn]([CH2]CCCCCCCC)([O][N+](=O)[O-])[O][N+](=O)[O-]. The van der Waals surface area contributed by atoms with Crippen molar-refractivity contribution < 1.29 is 16.5 Å². The summed E-state index contributed by atoms with van der Waals surface area (Å²) in [7, 11) is 0. The molecule has 0 rings (SSSR count). The summed E-state index contributed by atoms with van der Waals surface area (Å²) >= 11 is -4.34. The van der Waals surface area contributed by atoms with Crippen LogP contribution in [-0.2, 0) is 6.35 Å². The van der Waals surface area contributed by atoms with Gasteiger partial charge in [-0.1, -0.05) is 0 Å². The van der Waals surface area contributed by atoms with Crippen molar-refractivity contribution in [2.45, 2.75) is 113 Å². The Morgan fingerprint density at radius 2 is 0.889 bits per heavy atom. The van der Waals surface area contributed by atoms with Crippen LogP contribution in [0.2, 0.25) is 8.87 Å². The van der Waals surface area contributed by atoms with Gasteiger partial charge in [-0.15, -0.1) is 0 Å². The molecular formula is C18H38N2O6Sn. The Bertz CT molecular complexity index is 362. The van der Waals surface area contributed by atoms with Crippen LogP contribution in [0.4, 0.5) is 0 Å². The summed E-state index contributed by atoms with van der Waals surface area (Å²) in [5, 5.41) is 20.1. The molecule has 0 amide bonds. The van der Waals surface area contributed by atoms with E-state index in [0.29, 0.717) is 21.7 Å². The van der Waals surface area contributed by atoms with E-state index in [1.807, 2.05) is 0 Å². The van der Waals surface area contributed by atoms with Crippen molar-refractivity contribution >= 4 is 19.2 Å². The first-order valence-electron chi connectivity index (χ1n) is 10.6. The molecule has 0 unspecified atom stereocenters. The molecule has 0 saturated heterocycles. The molecular weight excluding hydrogens is 459 g/mol. The fraction of sp³-hybridized carbons (Fsp3) is 1.00. The van der Waals surface area contributed by atoms with Gasteiger partial charge < -0.3 is 0 Å². The third kappa shape index (κ3) is 15.9. The summed E-state index contributed by atoms with van der Waals surface area (Å²) in [5.41, 5.74) is 0. The Balaban J connectivity index is 4.44. The number of rotatable bonds is 20. The van der Waals surface area contributed by atoms with Crippen LogP contribution in [0, 0.1) is 20.2 Å². The van der Waals surface area contributed by atoms with Gasteiger partial charge in [0.15, 0.2) is 0 Å². The van der Waals surface area contributed by atoms with Gasteiger partial charge in [0.05, 0.1) is 0 Å². The normalized spacial score (nSPS) is 11.3. The van der Waals surface area contributed by atoms with Gasteiger partial charge in [-0.25, -0.2) is 0 Å². The van der Waals surface area contributed by atoms with Gasteiger partial charge in [0, 0.05) is 0 Å². The number of nitrogens with zero attached hydrogens (tertiary/aromatic N) is 2. The molecule has 0 fully saturated rings. The van der Waals surface area contributed by atoms with Gasteiger partial charge in [0.2, 0.25) is 0 Å². The van der Waals surface area contributed by atoms with Crippen molar-refractivity contribution in [3.05, 3.63) is 20.2 Å². The number of hydrogen-bond donors (Lipinski definition) is 0. The van der Waals surface area contributed by atoms with Gasteiger partial charge in [0.1, 0.15) is 0 Å². The topological polar surface area (TPSA) is 105 Å². The maximum atomic E-state index is 10.9. The minimum absolute atomic E-state index is 0.375. The van der Waals surface area contributed by atoms with E-state index in [9.17, 15) is 20.2 Å². The van der Waals surface area contributed by atoms with Crippen LogP contribution in [0.15, 0.2) is 0 Å². The Hall–Kier alpha value is -0.801. The van der Waals surface area contributed by atoms with Crippen molar-refractivity contribution in [3.8, 4) is 0 Å². The van der Waals surface area contributed by atoms with E-state index in [4.69, 9.17) is 6.35 Å². The fourth-order valence-corrected chi connectivity index (χ4v) is 11.2. The van der Waals surface area contributed by atoms with Crippen LogP contribution in [0.5, 0.6) is 0 Å². The molecule has 0 N–H and O–H groups in total. The quantitative estimate of drug-likeness (QED) is 0.0841. The third-order valence-electron chi connectivity index (χ3n) is 4.80. The molecule has 0 bridgehead atoms. The fourth-order valence-electron chi connectivity index (χ4n) is 3.30. The summed E-state index contributed by atoms with van der Waals surface area (Å²) < 4.78 is 10.6. The van der Waals surface area contributed by atoms with E-state index in [-0.39, 0.29) is 0 Å². The Morgan fingerprint density at radius 1 is 0.593 bits per heavy atom. The molecule has 0 aliphatic rings. The van der Waals surface area contributed by atoms with E-state index < -0.39 is 29.4 Å². The molecule has 0 aliphatic heterocycles. The third-order valence-corrected chi connectivity index (χ3v) is 13.9. The monoisotopic (exact) mass is 498 g/mol. The van der Waals surface area contributed by atoms with Crippen LogP contribution >= 0.6 is 0 Å². The number of unbranched alkanes of at least 4 members (excludes halogenated alkanes) is 12. The molecule has 0 aromatic heterocycles. The minimum atomic E-state index is -4.34. The van der Waals surface area contributed by atoms with Crippen LogP contribution in [0.1, 0.15) is 104 Å². The molecule has 9 heteroatoms. The molecule has 0 aromatic rings. The second kappa shape index (κ2) is 17.3. The Labute approximate surface area is 168 Å². The molecule has 0 spiro atoms. The predicted molar refractivity (Wildman–Crippen MR) is 108 cm³/mol. The molecule has 0 atom stereocenters. The summed E-state index contributed by atoms with van der Waals surface area (Å²) in [6.45, 7) is 4.33. The van der Waals surface area contributed by atoms with Crippen molar-refractivity contribution in [1.29, 1.82) is 0 Å². The van der Waals surface area contributed by atoms with Gasteiger partial charge in [-0.3, -0.25) is 0 Å². The summed E-state index contributed by atoms with van der Waals surface area (Å²) in [6.07, 6.45) is 14.8. The van der Waals surface area contributed by atoms with E-state index in [0.717, 1.165) is 38.5 Å². The van der Waals surface area contributed by atoms with Gasteiger partial charge in [-0.05, 0) is 0 Å². The summed E-state index contributed by atoms with van der Waals surface area (Å²) in [6, 6.07) is 0. The van der Waals surface area contributed by atoms with Crippen LogP contribution in [0.3, 0.4) is 0 Å². The van der Waals surface area contributed by atoms with E-state index in [1.54, 1.807) is 0 Å². The van der Waals surface area contributed by atoms with Crippen molar-refractivity contribution in [1.82, 2.24) is 0 Å². The second-order valence-corrected chi connectivity index (χ2v) is 16.4. The van der Waals surface area contributed by atoms with Gasteiger partial charge >= 0.3 is 169 Å². The van der Waals surface area contributed by atoms with Crippen molar-refractivity contribution in [3.63, 3.8) is 0 Å². The molecule has 0 heterocycles. The van der Waals surface area contributed by atoms with Crippen LogP contribution in [-0.4, -0.2) is 29.4 Å². The first-order chi connectivity index (χ1) is 13.0. The molecule has 0 radical (unpaired) electrons. The number of hydrogen-bond acceptors (Lipinski definition) is 6. The Kier molecular flexibility index (Phi) is 16.8. The first-order valence-corrected chi connectivity index (χ1v) is 17.0. The Morgan fingerprint density at radius 3 is 1.19 bits per heavy atom. The standard InChI is InChI=1S/2C9H19.2NO3.Sn/c2*1-3-5-7-9-8-6-4-2;2*2-1(3)4;/h2*1,3-9H2,2H3;;;/q;;2*-1;+2. The zero-order valence-corrected chi connectivity index (χ0v) is 20.0. The van der Waals surface area contributed by atoms with Crippen LogP contribution in [0.25, 0.3) is 0 Å². The molecule has 0 saturated carbocycles. The van der Waals surface area contributed by atoms with E-state index >= 15 is 0 Å². The van der Waals surface area contributed by atoms with E-state index in [1.165, 1.54) is 38.5 Å². The average molecular weight is 497 g/mol. The second-order valence-electron chi connectivity index (χ2n) is 7.28. The first kappa shape index (κ1) is 26.2. The van der Waals surface area contributed by atoms with Crippen LogP contribution < -0.4 is 0 Å².